The number of nitrogens with zero attached hydrogens (tertiary/aromatic N) is 2. The van der Waals surface area contributed by atoms with Crippen LogP contribution in [-0.2, 0) is 20.0 Å². The van der Waals surface area contributed by atoms with Crippen molar-refractivity contribution in [2.75, 3.05) is 14.1 Å². The number of rotatable bonds is 5. The number of hydrazine groups is 1. The van der Waals surface area contributed by atoms with E-state index >= 15 is 0 Å². The Kier molecular flexibility index (Phi) is 5.58. The summed E-state index contributed by atoms with van der Waals surface area (Å²) in [4.78, 5) is -0.392. The van der Waals surface area contributed by atoms with Crippen molar-refractivity contribution in [1.29, 1.82) is 0 Å². The minimum Gasteiger partial charge on any atom is -0.219 e. The lowest BCUT2D eigenvalue weighted by molar-refractivity contribution is 0.222. The van der Waals surface area contributed by atoms with Crippen LogP contribution in [0.5, 0.6) is 0 Å². The third kappa shape index (κ3) is 3.74. The predicted octanol–water partition coefficient (Wildman–Crippen LogP) is 2.85. The van der Waals surface area contributed by atoms with Crippen LogP contribution in [0.4, 0.5) is 0 Å². The molecule has 0 heterocycles. The maximum Gasteiger partial charge on any atom is 0.269 e. The Balaban J connectivity index is 2.60. The van der Waals surface area contributed by atoms with Gasteiger partial charge in [0.15, 0.2) is 0 Å². The summed E-state index contributed by atoms with van der Waals surface area (Å²) in [5.74, 6) is 0. The average Bonchev–Trinajstić information content (AvgIpc) is 2.47. The lowest BCUT2D eigenvalue weighted by Crippen LogP contribution is -2.45. The number of hydrogen-bond acceptors (Lipinski definition) is 5. The minimum absolute atomic E-state index is 0.196. The van der Waals surface area contributed by atoms with E-state index < -0.39 is 20.0 Å². The van der Waals surface area contributed by atoms with Gasteiger partial charge in [-0.15, -0.1) is 0 Å². The fourth-order valence-electron chi connectivity index (χ4n) is 1.95. The summed E-state index contributed by atoms with van der Waals surface area (Å²) < 4.78 is 51.6. The lowest BCUT2D eigenvalue weighted by Gasteiger charge is -2.27. The van der Waals surface area contributed by atoms with E-state index in [1.807, 2.05) is 0 Å². The molecule has 6 nitrogen and oxygen atoms in total. The molecule has 0 aliphatic carbocycles. The third-order valence-electron chi connectivity index (χ3n) is 2.96. The monoisotopic (exact) mass is 408 g/mol. The molecular weight excluding hydrogens is 395 g/mol. The molecule has 0 aromatic heterocycles. The molecule has 0 spiro atoms. The van der Waals surface area contributed by atoms with E-state index in [4.69, 9.17) is 23.2 Å². The van der Waals surface area contributed by atoms with Crippen LogP contribution < -0.4 is 0 Å². The number of sulfonamides is 2. The first-order valence-corrected chi connectivity index (χ1v) is 10.2. The normalized spacial score (nSPS) is 12.8. The highest BCUT2D eigenvalue weighted by atomic mass is 35.5. The van der Waals surface area contributed by atoms with Gasteiger partial charge >= 0.3 is 0 Å². The van der Waals surface area contributed by atoms with Crippen LogP contribution in [0.1, 0.15) is 0 Å². The lowest BCUT2D eigenvalue weighted by atomic mass is 10.4. The summed E-state index contributed by atoms with van der Waals surface area (Å²) in [5, 5.41) is 1.66. The van der Waals surface area contributed by atoms with Gasteiger partial charge in [0.1, 0.15) is 0 Å². The van der Waals surface area contributed by atoms with Crippen molar-refractivity contribution in [3.05, 3.63) is 58.6 Å². The molecule has 130 valence electrons. The summed E-state index contributed by atoms with van der Waals surface area (Å²) in [6.07, 6.45) is 0. The van der Waals surface area contributed by atoms with Crippen molar-refractivity contribution in [3.8, 4) is 0 Å². The molecule has 2 aromatic carbocycles. The van der Waals surface area contributed by atoms with Gasteiger partial charge in [0.05, 0.1) is 9.79 Å². The standard InChI is InChI=1S/C14H14Cl2N2O4S2/c1-17(2)18(23(19,20)13-7-3-11(15)4-8-13)24(21,22)14-9-5-12(16)6-10-14/h3-10H,1-2H3. The molecule has 0 atom stereocenters. The molecule has 0 bridgehead atoms. The fraction of sp³-hybridized carbons (Fsp3) is 0.143. The van der Waals surface area contributed by atoms with Crippen molar-refractivity contribution < 1.29 is 16.8 Å². The maximum atomic E-state index is 12.8. The van der Waals surface area contributed by atoms with Gasteiger partial charge in [-0.05, 0) is 52.4 Å². The van der Waals surface area contributed by atoms with Crippen molar-refractivity contribution in [2.45, 2.75) is 9.79 Å². The summed E-state index contributed by atoms with van der Waals surface area (Å²) in [6.45, 7) is 0. The van der Waals surface area contributed by atoms with Crippen LogP contribution in [0.2, 0.25) is 10.0 Å². The number of benzene rings is 2. The van der Waals surface area contributed by atoms with Gasteiger partial charge in [-0.25, -0.2) is 21.8 Å². The highest BCUT2D eigenvalue weighted by Gasteiger charge is 2.38. The Morgan fingerprint density at radius 2 is 0.958 bits per heavy atom. The zero-order valence-electron chi connectivity index (χ0n) is 12.7. The Morgan fingerprint density at radius 1 is 0.667 bits per heavy atom. The number of halogens is 2. The Hall–Kier alpha value is -1.16. The molecule has 24 heavy (non-hydrogen) atoms. The molecule has 10 heteroatoms. The van der Waals surface area contributed by atoms with E-state index in [9.17, 15) is 16.8 Å². The quantitative estimate of drug-likeness (QED) is 0.710. The van der Waals surface area contributed by atoms with Crippen LogP contribution in [0.25, 0.3) is 0 Å². The molecule has 0 aliphatic heterocycles. The van der Waals surface area contributed by atoms with E-state index in [2.05, 4.69) is 0 Å². The second kappa shape index (κ2) is 6.99. The molecule has 0 aliphatic rings. The third-order valence-corrected chi connectivity index (χ3v) is 7.85. The molecule has 0 fully saturated rings. The summed E-state index contributed by atoms with van der Waals surface area (Å²) in [5.41, 5.74) is 0. The van der Waals surface area contributed by atoms with Gasteiger partial charge in [0.2, 0.25) is 0 Å². The second-order valence-corrected chi connectivity index (χ2v) is 9.58. The second-order valence-electron chi connectivity index (χ2n) is 4.94. The van der Waals surface area contributed by atoms with Crippen LogP contribution in [0.3, 0.4) is 0 Å². The topological polar surface area (TPSA) is 74.8 Å². The van der Waals surface area contributed by atoms with E-state index in [1.165, 1.54) is 62.6 Å². The fourth-order valence-corrected chi connectivity index (χ4v) is 5.94. The van der Waals surface area contributed by atoms with Crippen LogP contribution in [-0.4, -0.2) is 39.8 Å². The molecular formula is C14H14Cl2N2O4S2. The molecule has 0 unspecified atom stereocenters. The van der Waals surface area contributed by atoms with E-state index in [0.29, 0.717) is 13.9 Å². The molecule has 0 saturated carbocycles. The van der Waals surface area contributed by atoms with Gasteiger partial charge in [-0.3, -0.25) is 0 Å². The highest BCUT2D eigenvalue weighted by molar-refractivity contribution is 8.04. The first-order chi connectivity index (χ1) is 11.1. The molecule has 0 saturated heterocycles. The average molecular weight is 409 g/mol. The van der Waals surface area contributed by atoms with Crippen LogP contribution in [0.15, 0.2) is 58.3 Å². The van der Waals surface area contributed by atoms with Gasteiger partial charge in [0.25, 0.3) is 20.0 Å². The van der Waals surface area contributed by atoms with Gasteiger partial charge in [-0.2, -0.15) is 0 Å². The summed E-state index contributed by atoms with van der Waals surface area (Å²) in [7, 11) is -6.07. The first-order valence-electron chi connectivity index (χ1n) is 6.56. The SMILES string of the molecule is CN(C)N(S(=O)(=O)c1ccc(Cl)cc1)S(=O)(=O)c1ccc(Cl)cc1. The molecule has 0 amide bonds. The largest absolute Gasteiger partial charge is 0.269 e. The van der Waals surface area contributed by atoms with Crippen molar-refractivity contribution in [3.63, 3.8) is 0 Å². The Bertz CT molecular complexity index is 850. The van der Waals surface area contributed by atoms with Crippen molar-refractivity contribution >= 4 is 43.2 Å². The van der Waals surface area contributed by atoms with Gasteiger partial charge in [0, 0.05) is 24.1 Å². The van der Waals surface area contributed by atoms with E-state index in [1.54, 1.807) is 0 Å². The molecule has 0 N–H and O–H groups in total. The molecule has 2 rings (SSSR count). The van der Waals surface area contributed by atoms with Crippen LogP contribution in [0, 0.1) is 0 Å². The molecule has 0 radical (unpaired) electrons. The zero-order valence-corrected chi connectivity index (χ0v) is 15.9. The predicted molar refractivity (Wildman–Crippen MR) is 92.8 cm³/mol. The van der Waals surface area contributed by atoms with Gasteiger partial charge < -0.3 is 0 Å². The van der Waals surface area contributed by atoms with Gasteiger partial charge in [-0.1, -0.05) is 23.2 Å². The molecule has 2 aromatic rings. The highest BCUT2D eigenvalue weighted by Crippen LogP contribution is 2.26. The first kappa shape index (κ1) is 19.2. The zero-order chi connectivity index (χ0) is 18.1. The minimum atomic E-state index is -4.35. The van der Waals surface area contributed by atoms with E-state index in [-0.39, 0.29) is 9.79 Å². The van der Waals surface area contributed by atoms with Crippen molar-refractivity contribution in [1.82, 2.24) is 8.83 Å². The summed E-state index contributed by atoms with van der Waals surface area (Å²) in [6, 6.07) is 10.5. The van der Waals surface area contributed by atoms with Crippen LogP contribution >= 0.6 is 23.2 Å². The maximum absolute atomic E-state index is 12.8. The summed E-state index contributed by atoms with van der Waals surface area (Å²) >= 11 is 11.5. The van der Waals surface area contributed by atoms with Crippen molar-refractivity contribution in [2.24, 2.45) is 0 Å². The Labute approximate surface area is 151 Å². The smallest absolute Gasteiger partial charge is 0.219 e. The Morgan fingerprint density at radius 3 is 1.21 bits per heavy atom. The number of hydrogen-bond donors (Lipinski definition) is 0. The van der Waals surface area contributed by atoms with E-state index in [0.717, 1.165) is 5.01 Å².